The highest BCUT2D eigenvalue weighted by atomic mass is 16.5. The lowest BCUT2D eigenvalue weighted by Gasteiger charge is -2.09. The van der Waals surface area contributed by atoms with Crippen molar-refractivity contribution >= 4 is 5.71 Å². The van der Waals surface area contributed by atoms with Crippen LogP contribution in [0.1, 0.15) is 31.7 Å². The number of hydrogen-bond acceptors (Lipinski definition) is 3. The lowest BCUT2D eigenvalue weighted by atomic mass is 10.1. The molecule has 90 valence electrons. The molecule has 0 saturated heterocycles. The first-order valence-electron chi connectivity index (χ1n) is 6.20. The summed E-state index contributed by atoms with van der Waals surface area (Å²) >= 11 is 0. The summed E-state index contributed by atoms with van der Waals surface area (Å²) in [6, 6.07) is 3.94. The number of pyridine rings is 1. The second-order valence-corrected chi connectivity index (χ2v) is 4.05. The summed E-state index contributed by atoms with van der Waals surface area (Å²) in [6.07, 6.45) is 9.17. The van der Waals surface area contributed by atoms with Crippen LogP contribution in [0.3, 0.4) is 0 Å². The first kappa shape index (κ1) is 11.8. The predicted molar refractivity (Wildman–Crippen MR) is 69.2 cm³/mol. The average molecular weight is 230 g/mol. The molecular weight excluding hydrogens is 212 g/mol. The number of rotatable bonds is 6. The van der Waals surface area contributed by atoms with Gasteiger partial charge in [0.05, 0.1) is 13.2 Å². The van der Waals surface area contributed by atoms with E-state index in [1.165, 1.54) is 12.8 Å². The molecule has 1 aliphatic heterocycles. The van der Waals surface area contributed by atoms with E-state index in [0.29, 0.717) is 6.54 Å². The van der Waals surface area contributed by atoms with E-state index in [0.717, 1.165) is 30.1 Å². The van der Waals surface area contributed by atoms with E-state index in [2.05, 4.69) is 16.9 Å². The third-order valence-electron chi connectivity index (χ3n) is 2.70. The highest BCUT2D eigenvalue weighted by molar-refractivity contribution is 6.12. The van der Waals surface area contributed by atoms with Crippen LogP contribution in [0.5, 0.6) is 0 Å². The van der Waals surface area contributed by atoms with Crippen LogP contribution >= 0.6 is 0 Å². The molecule has 0 saturated carbocycles. The fraction of sp³-hybridized carbons (Fsp3) is 0.429. The van der Waals surface area contributed by atoms with E-state index in [1.807, 2.05) is 24.4 Å². The summed E-state index contributed by atoms with van der Waals surface area (Å²) in [7, 11) is 0. The second-order valence-electron chi connectivity index (χ2n) is 4.05. The van der Waals surface area contributed by atoms with Crippen molar-refractivity contribution in [3.63, 3.8) is 0 Å². The molecule has 0 bridgehead atoms. The van der Waals surface area contributed by atoms with Gasteiger partial charge in [-0.25, -0.2) is 0 Å². The van der Waals surface area contributed by atoms with Gasteiger partial charge in [-0.3, -0.25) is 9.98 Å². The maximum Gasteiger partial charge on any atom is 0.142 e. The van der Waals surface area contributed by atoms with Crippen molar-refractivity contribution in [2.24, 2.45) is 4.99 Å². The Labute approximate surface area is 102 Å². The van der Waals surface area contributed by atoms with Crippen LogP contribution in [0.15, 0.2) is 41.4 Å². The lowest BCUT2D eigenvalue weighted by Crippen LogP contribution is -2.06. The van der Waals surface area contributed by atoms with Crippen LogP contribution in [-0.4, -0.2) is 23.8 Å². The Morgan fingerprint density at radius 1 is 1.35 bits per heavy atom. The summed E-state index contributed by atoms with van der Waals surface area (Å²) in [5.41, 5.74) is 1.97. The fourth-order valence-corrected chi connectivity index (χ4v) is 1.79. The van der Waals surface area contributed by atoms with E-state index in [9.17, 15) is 0 Å². The van der Waals surface area contributed by atoms with Crippen LogP contribution in [0.2, 0.25) is 0 Å². The van der Waals surface area contributed by atoms with Crippen LogP contribution in [0, 0.1) is 0 Å². The van der Waals surface area contributed by atoms with Crippen molar-refractivity contribution in [3.05, 3.63) is 41.9 Å². The van der Waals surface area contributed by atoms with Crippen LogP contribution in [0.25, 0.3) is 0 Å². The molecule has 1 aliphatic rings. The molecular formula is C14H18N2O. The molecule has 2 heterocycles. The minimum absolute atomic E-state index is 0.716. The molecule has 0 fully saturated rings. The van der Waals surface area contributed by atoms with E-state index < -0.39 is 0 Å². The molecule has 0 aromatic carbocycles. The van der Waals surface area contributed by atoms with Crippen molar-refractivity contribution in [1.29, 1.82) is 0 Å². The third-order valence-corrected chi connectivity index (χ3v) is 2.70. The standard InChI is InChI=1S/C14H18N2O/c1-2-3-4-10-17-13-7-9-16-14(13)12-6-5-8-15-11-12/h5-8,11H,2-4,9-10H2,1H3. The molecule has 17 heavy (non-hydrogen) atoms. The Bertz CT molecular complexity index is 409. The highest BCUT2D eigenvalue weighted by Crippen LogP contribution is 2.15. The predicted octanol–water partition coefficient (Wildman–Crippen LogP) is 2.98. The van der Waals surface area contributed by atoms with Crippen LogP contribution in [-0.2, 0) is 4.74 Å². The van der Waals surface area contributed by atoms with Crippen molar-refractivity contribution in [2.45, 2.75) is 26.2 Å². The molecule has 0 N–H and O–H groups in total. The number of unbranched alkanes of at least 4 members (excludes halogenated alkanes) is 2. The first-order valence-corrected chi connectivity index (χ1v) is 6.20. The van der Waals surface area contributed by atoms with Gasteiger partial charge in [-0.05, 0) is 24.6 Å². The SMILES string of the molecule is CCCCCOC1=CCN=C1c1cccnc1. The summed E-state index contributed by atoms with van der Waals surface area (Å²) in [6.45, 7) is 3.68. The smallest absolute Gasteiger partial charge is 0.142 e. The fourth-order valence-electron chi connectivity index (χ4n) is 1.79. The van der Waals surface area contributed by atoms with Crippen molar-refractivity contribution < 1.29 is 4.74 Å². The molecule has 3 nitrogen and oxygen atoms in total. The molecule has 0 unspecified atom stereocenters. The molecule has 3 heteroatoms. The van der Waals surface area contributed by atoms with Crippen LogP contribution in [0.4, 0.5) is 0 Å². The van der Waals surface area contributed by atoms with E-state index in [1.54, 1.807) is 6.20 Å². The summed E-state index contributed by atoms with van der Waals surface area (Å²) in [4.78, 5) is 8.56. The van der Waals surface area contributed by atoms with Gasteiger partial charge < -0.3 is 4.74 Å². The quantitative estimate of drug-likeness (QED) is 0.704. The third kappa shape index (κ3) is 3.16. The summed E-state index contributed by atoms with van der Waals surface area (Å²) in [5, 5.41) is 0. The zero-order chi connectivity index (χ0) is 11.9. The minimum Gasteiger partial charge on any atom is -0.492 e. The number of allylic oxidation sites excluding steroid dienone is 1. The molecule has 1 aromatic rings. The minimum atomic E-state index is 0.716. The zero-order valence-corrected chi connectivity index (χ0v) is 10.2. The molecule has 0 radical (unpaired) electrons. The van der Waals surface area contributed by atoms with Crippen LogP contribution < -0.4 is 0 Å². The van der Waals surface area contributed by atoms with Gasteiger partial charge in [-0.15, -0.1) is 0 Å². The maximum absolute atomic E-state index is 5.77. The summed E-state index contributed by atoms with van der Waals surface area (Å²) in [5.74, 6) is 0.911. The zero-order valence-electron chi connectivity index (χ0n) is 10.2. The van der Waals surface area contributed by atoms with E-state index in [4.69, 9.17) is 4.74 Å². The average Bonchev–Trinajstić information content (AvgIpc) is 2.84. The van der Waals surface area contributed by atoms with Gasteiger partial charge in [-0.1, -0.05) is 19.8 Å². The van der Waals surface area contributed by atoms with Gasteiger partial charge in [0, 0.05) is 18.0 Å². The number of hydrogen-bond donors (Lipinski definition) is 0. The molecule has 1 aromatic heterocycles. The molecule has 0 amide bonds. The molecule has 2 rings (SSSR count). The van der Waals surface area contributed by atoms with Gasteiger partial charge in [0.25, 0.3) is 0 Å². The topological polar surface area (TPSA) is 34.5 Å². The molecule has 0 aliphatic carbocycles. The number of aliphatic imine (C=N–C) groups is 1. The Balaban J connectivity index is 1.93. The highest BCUT2D eigenvalue weighted by Gasteiger charge is 2.15. The van der Waals surface area contributed by atoms with Gasteiger partial charge in [0.1, 0.15) is 11.5 Å². The van der Waals surface area contributed by atoms with Crippen molar-refractivity contribution in [1.82, 2.24) is 4.98 Å². The Morgan fingerprint density at radius 3 is 3.06 bits per heavy atom. The van der Waals surface area contributed by atoms with Gasteiger partial charge in [0.2, 0.25) is 0 Å². The van der Waals surface area contributed by atoms with E-state index >= 15 is 0 Å². The first-order chi connectivity index (χ1) is 8.42. The Morgan fingerprint density at radius 2 is 2.29 bits per heavy atom. The van der Waals surface area contributed by atoms with E-state index in [-0.39, 0.29) is 0 Å². The molecule has 0 spiro atoms. The van der Waals surface area contributed by atoms with Gasteiger partial charge in [0.15, 0.2) is 0 Å². The number of nitrogens with zero attached hydrogens (tertiary/aromatic N) is 2. The van der Waals surface area contributed by atoms with Crippen molar-refractivity contribution in [2.75, 3.05) is 13.2 Å². The normalized spacial score (nSPS) is 14.4. The summed E-state index contributed by atoms with van der Waals surface area (Å²) < 4.78 is 5.77. The van der Waals surface area contributed by atoms with Gasteiger partial charge >= 0.3 is 0 Å². The molecule has 0 atom stereocenters. The van der Waals surface area contributed by atoms with Gasteiger partial charge in [-0.2, -0.15) is 0 Å². The Hall–Kier alpha value is -1.64. The monoisotopic (exact) mass is 230 g/mol. The number of ether oxygens (including phenoxy) is 1. The van der Waals surface area contributed by atoms with Crippen molar-refractivity contribution in [3.8, 4) is 0 Å². The number of aromatic nitrogens is 1. The largest absolute Gasteiger partial charge is 0.492 e. The lowest BCUT2D eigenvalue weighted by molar-refractivity contribution is 0.224. The Kier molecular flexibility index (Phi) is 4.30. The second kappa shape index (κ2) is 6.18. The maximum atomic E-state index is 5.77.